The van der Waals surface area contributed by atoms with Crippen LogP contribution < -0.4 is 0 Å². The van der Waals surface area contributed by atoms with Gasteiger partial charge in [-0.2, -0.15) is 5.26 Å². The Hall–Kier alpha value is -1.02. The van der Waals surface area contributed by atoms with E-state index < -0.39 is 0 Å². The molecule has 0 N–H and O–H groups in total. The molecular weight excluding hydrogens is 124 g/mol. The van der Waals surface area contributed by atoms with Crippen molar-refractivity contribution in [3.8, 4) is 12.6 Å². The molecule has 2 nitrogen and oxygen atoms in total. The number of nitrogens with zero attached hydrogens (tertiary/aromatic N) is 2. The summed E-state index contributed by atoms with van der Waals surface area (Å²) in [6.07, 6.45) is 6.20. The van der Waals surface area contributed by atoms with E-state index in [1.807, 2.05) is 0 Å². The summed E-state index contributed by atoms with van der Waals surface area (Å²) in [6, 6.07) is 2.30. The van der Waals surface area contributed by atoms with E-state index in [0.29, 0.717) is 5.92 Å². The molecular formula is C8H12N2. The summed E-state index contributed by atoms with van der Waals surface area (Å²) >= 11 is 0. The van der Waals surface area contributed by atoms with Gasteiger partial charge in [0.25, 0.3) is 0 Å². The lowest BCUT2D eigenvalue weighted by atomic mass is 9.91. The Morgan fingerprint density at radius 1 is 1.10 bits per heavy atom. The first-order chi connectivity index (χ1) is 4.93. The Balaban J connectivity index is 0.000000371. The lowest BCUT2D eigenvalue weighted by Crippen LogP contribution is -2.02. The Morgan fingerprint density at radius 2 is 1.60 bits per heavy atom. The summed E-state index contributed by atoms with van der Waals surface area (Å²) in [6.45, 7) is 3.50. The van der Waals surface area contributed by atoms with Gasteiger partial charge in [0.1, 0.15) is 0 Å². The topological polar surface area (TPSA) is 47.6 Å². The molecule has 1 aliphatic carbocycles. The number of hydrogen-bond donors (Lipinski definition) is 0. The number of nitriles is 2. The van der Waals surface area contributed by atoms with Crippen LogP contribution in [0.1, 0.15) is 32.1 Å². The molecule has 0 atom stereocenters. The van der Waals surface area contributed by atoms with E-state index in [-0.39, 0.29) is 0 Å². The molecule has 0 bridgehead atoms. The predicted molar refractivity (Wildman–Crippen MR) is 38.9 cm³/mol. The maximum atomic E-state index is 8.44. The molecule has 0 aromatic carbocycles. The van der Waals surface area contributed by atoms with Gasteiger partial charge in [-0.05, 0) is 12.8 Å². The molecule has 0 amide bonds. The number of rotatable bonds is 0. The third-order valence-electron chi connectivity index (χ3n) is 1.79. The average molecular weight is 136 g/mol. The van der Waals surface area contributed by atoms with Crippen molar-refractivity contribution >= 4 is 0 Å². The van der Waals surface area contributed by atoms with Gasteiger partial charge < -0.3 is 0 Å². The zero-order chi connectivity index (χ0) is 7.82. The van der Waals surface area contributed by atoms with E-state index in [9.17, 15) is 0 Å². The van der Waals surface area contributed by atoms with E-state index in [2.05, 4.69) is 12.6 Å². The average Bonchev–Trinajstić information content (AvgIpc) is 2.10. The lowest BCUT2D eigenvalue weighted by molar-refractivity contribution is 0.427. The van der Waals surface area contributed by atoms with E-state index in [4.69, 9.17) is 10.5 Å². The molecule has 0 heterocycles. The van der Waals surface area contributed by atoms with Crippen molar-refractivity contribution in [3.05, 3.63) is 0 Å². The summed E-state index contributed by atoms with van der Waals surface area (Å²) in [5.41, 5.74) is 0. The lowest BCUT2D eigenvalue weighted by Gasteiger charge is -2.13. The third kappa shape index (κ3) is 3.10. The summed E-state index contributed by atoms with van der Waals surface area (Å²) in [7, 11) is 0. The molecule has 0 radical (unpaired) electrons. The SMILES string of the molecule is C#N.N#CC1CCCCC1. The van der Waals surface area contributed by atoms with Crippen molar-refractivity contribution in [1.29, 1.82) is 10.5 Å². The molecule has 1 aliphatic rings. The molecule has 0 aromatic rings. The molecule has 0 saturated heterocycles. The van der Waals surface area contributed by atoms with Crippen LogP contribution >= 0.6 is 0 Å². The van der Waals surface area contributed by atoms with Crippen molar-refractivity contribution < 1.29 is 0 Å². The maximum absolute atomic E-state index is 8.44. The first kappa shape index (κ1) is 8.98. The van der Waals surface area contributed by atoms with Gasteiger partial charge in [-0.25, -0.2) is 5.26 Å². The fourth-order valence-corrected chi connectivity index (χ4v) is 1.23. The van der Waals surface area contributed by atoms with Crippen molar-refractivity contribution in [1.82, 2.24) is 0 Å². The highest BCUT2D eigenvalue weighted by atomic mass is 14.3. The van der Waals surface area contributed by atoms with Gasteiger partial charge >= 0.3 is 0 Å². The van der Waals surface area contributed by atoms with E-state index in [1.54, 1.807) is 0 Å². The van der Waals surface area contributed by atoms with Crippen LogP contribution in [-0.2, 0) is 0 Å². The van der Waals surface area contributed by atoms with Gasteiger partial charge in [0.05, 0.1) is 6.07 Å². The summed E-state index contributed by atoms with van der Waals surface area (Å²) < 4.78 is 0. The minimum Gasteiger partial charge on any atom is -0.202 e. The molecule has 0 unspecified atom stereocenters. The molecule has 0 aromatic heterocycles. The molecule has 10 heavy (non-hydrogen) atoms. The van der Waals surface area contributed by atoms with Gasteiger partial charge in [0, 0.05) is 12.5 Å². The molecule has 2 heteroatoms. The maximum Gasteiger partial charge on any atom is 0.0655 e. The quantitative estimate of drug-likeness (QED) is 0.512. The molecule has 1 fully saturated rings. The standard InChI is InChI=1S/C7H11N.CHN/c8-6-7-4-2-1-3-5-7;1-2/h7H,1-5H2;1H. The Kier molecular flexibility index (Phi) is 5.48. The fourth-order valence-electron chi connectivity index (χ4n) is 1.23. The van der Waals surface area contributed by atoms with Gasteiger partial charge in [-0.3, -0.25) is 0 Å². The predicted octanol–water partition coefficient (Wildman–Crippen LogP) is 2.23. The minimum absolute atomic E-state index is 0.392. The smallest absolute Gasteiger partial charge is 0.0655 e. The highest BCUT2D eigenvalue weighted by Gasteiger charge is 2.10. The molecule has 1 rings (SSSR count). The third-order valence-corrected chi connectivity index (χ3v) is 1.79. The molecule has 0 spiro atoms. The Morgan fingerprint density at radius 3 is 1.90 bits per heavy atom. The van der Waals surface area contributed by atoms with Crippen LogP contribution in [0.2, 0.25) is 0 Å². The van der Waals surface area contributed by atoms with E-state index in [1.165, 1.54) is 19.3 Å². The van der Waals surface area contributed by atoms with Crippen molar-refractivity contribution in [2.75, 3.05) is 0 Å². The van der Waals surface area contributed by atoms with Crippen molar-refractivity contribution in [3.63, 3.8) is 0 Å². The van der Waals surface area contributed by atoms with Crippen LogP contribution in [-0.4, -0.2) is 0 Å². The first-order valence-corrected chi connectivity index (χ1v) is 3.59. The summed E-state index contributed by atoms with van der Waals surface area (Å²) in [5.74, 6) is 0.392. The first-order valence-electron chi connectivity index (χ1n) is 3.59. The summed E-state index contributed by atoms with van der Waals surface area (Å²) in [4.78, 5) is 0. The Bertz CT molecular complexity index is 126. The second kappa shape index (κ2) is 6.11. The largest absolute Gasteiger partial charge is 0.202 e. The minimum atomic E-state index is 0.392. The monoisotopic (exact) mass is 136 g/mol. The zero-order valence-electron chi connectivity index (χ0n) is 6.08. The van der Waals surface area contributed by atoms with Crippen LogP contribution in [0.4, 0.5) is 0 Å². The van der Waals surface area contributed by atoms with Crippen LogP contribution in [0.25, 0.3) is 0 Å². The van der Waals surface area contributed by atoms with Gasteiger partial charge in [0.2, 0.25) is 0 Å². The second-order valence-electron chi connectivity index (χ2n) is 2.46. The summed E-state index contributed by atoms with van der Waals surface area (Å²) in [5, 5.41) is 14.9. The molecule has 1 saturated carbocycles. The van der Waals surface area contributed by atoms with Crippen molar-refractivity contribution in [2.45, 2.75) is 32.1 Å². The fraction of sp³-hybridized carbons (Fsp3) is 0.750. The molecule has 54 valence electrons. The molecule has 0 aliphatic heterocycles. The van der Waals surface area contributed by atoms with Crippen LogP contribution in [0.15, 0.2) is 0 Å². The van der Waals surface area contributed by atoms with Crippen LogP contribution in [0.3, 0.4) is 0 Å². The highest BCUT2D eigenvalue weighted by Crippen LogP contribution is 2.22. The zero-order valence-corrected chi connectivity index (χ0v) is 6.08. The van der Waals surface area contributed by atoms with Crippen LogP contribution in [0, 0.1) is 29.1 Å². The van der Waals surface area contributed by atoms with Gasteiger partial charge in [-0.1, -0.05) is 19.3 Å². The van der Waals surface area contributed by atoms with Crippen LogP contribution in [0.5, 0.6) is 0 Å². The van der Waals surface area contributed by atoms with Gasteiger partial charge in [-0.15, -0.1) is 0 Å². The Labute approximate surface area is 62.1 Å². The van der Waals surface area contributed by atoms with E-state index in [0.717, 1.165) is 12.8 Å². The number of hydrogen-bond acceptors (Lipinski definition) is 2. The van der Waals surface area contributed by atoms with Gasteiger partial charge in [0.15, 0.2) is 0 Å². The second-order valence-corrected chi connectivity index (χ2v) is 2.46. The van der Waals surface area contributed by atoms with Crippen molar-refractivity contribution in [2.24, 2.45) is 5.92 Å². The van der Waals surface area contributed by atoms with E-state index >= 15 is 0 Å². The normalized spacial score (nSPS) is 18.1. The highest BCUT2D eigenvalue weighted by molar-refractivity contribution is 4.84.